The Morgan fingerprint density at radius 1 is 0.796 bits per heavy atom. The normalized spacial score (nSPS) is 19.3. The minimum atomic E-state index is -0.871. The smallest absolute Gasteiger partial charge is 0.346 e. The predicted octanol–water partition coefficient (Wildman–Crippen LogP) is 6.15. The van der Waals surface area contributed by atoms with Gasteiger partial charge in [0.2, 0.25) is 5.16 Å². The van der Waals surface area contributed by atoms with E-state index < -0.39 is 36.3 Å². The number of phenols is 1. The van der Waals surface area contributed by atoms with Gasteiger partial charge in [-0.05, 0) is 81.7 Å². The number of carbonyl (C=O) groups excluding carboxylic acids is 3. The third kappa shape index (κ3) is 7.10. The largest absolute Gasteiger partial charge is 0.508 e. The second kappa shape index (κ2) is 15.0. The topological polar surface area (TPSA) is 175 Å². The number of benzene rings is 5. The molecular formula is C40H31N5O8S. The third-order valence-corrected chi connectivity index (χ3v) is 10.2. The molecule has 6 aromatic rings. The first-order chi connectivity index (χ1) is 26.3. The summed E-state index contributed by atoms with van der Waals surface area (Å²) >= 11 is 1.42. The van der Waals surface area contributed by atoms with Gasteiger partial charge in [-0.25, -0.2) is 9.59 Å². The number of aromatic nitrogens is 4. The van der Waals surface area contributed by atoms with Gasteiger partial charge < -0.3 is 29.7 Å². The van der Waals surface area contributed by atoms with Crippen LogP contribution in [0.25, 0.3) is 5.69 Å². The maximum atomic E-state index is 13.3. The molecule has 1 fully saturated rings. The number of hydrogen-bond acceptors (Lipinski definition) is 12. The number of ether oxygens (including phenoxy) is 3. The highest BCUT2D eigenvalue weighted by molar-refractivity contribution is 7.99. The summed E-state index contributed by atoms with van der Waals surface area (Å²) in [6.07, 6.45) is -1.82. The average Bonchev–Trinajstić information content (AvgIpc) is 3.80. The van der Waals surface area contributed by atoms with Gasteiger partial charge in [0, 0.05) is 28.5 Å². The van der Waals surface area contributed by atoms with E-state index in [4.69, 9.17) is 9.47 Å². The number of nitrogens with zero attached hydrogens (tertiary/aromatic N) is 4. The van der Waals surface area contributed by atoms with Crippen molar-refractivity contribution in [3.05, 3.63) is 160 Å². The van der Waals surface area contributed by atoms with E-state index in [9.17, 15) is 24.6 Å². The van der Waals surface area contributed by atoms with Gasteiger partial charge in [-0.3, -0.25) is 4.79 Å². The number of aromatic hydroxyl groups is 1. The van der Waals surface area contributed by atoms with E-state index >= 15 is 0 Å². The summed E-state index contributed by atoms with van der Waals surface area (Å²) in [5.41, 5.74) is 4.76. The number of aliphatic hydroxyl groups excluding tert-OH is 1. The van der Waals surface area contributed by atoms with Crippen LogP contribution >= 0.6 is 11.8 Å². The maximum absolute atomic E-state index is 13.3. The van der Waals surface area contributed by atoms with Crippen LogP contribution in [0.5, 0.6) is 5.75 Å². The van der Waals surface area contributed by atoms with E-state index in [1.165, 1.54) is 30.0 Å². The summed E-state index contributed by atoms with van der Waals surface area (Å²) in [7, 11) is 0. The fourth-order valence-electron chi connectivity index (χ4n) is 6.53. The molecule has 13 nitrogen and oxygen atoms in total. The SMILES string of the molecule is O=C(Nc1cccc(C2OC(CSc3nnnn3-c3ccc(O)cc3)C(c3ccccc3)C(c3ccc(CO)cc3)O2)c1)c1ccc2c(c1)C(=O)OC2=O. The van der Waals surface area contributed by atoms with Crippen LogP contribution in [0.15, 0.2) is 126 Å². The second-order valence-corrected chi connectivity index (χ2v) is 13.6. The number of thioether (sulfide) groups is 1. The molecule has 1 amide bonds. The van der Waals surface area contributed by atoms with Gasteiger partial charge in [-0.15, -0.1) is 5.10 Å². The van der Waals surface area contributed by atoms with Crippen molar-refractivity contribution < 1.29 is 38.8 Å². The van der Waals surface area contributed by atoms with Gasteiger partial charge in [-0.1, -0.05) is 78.5 Å². The standard InChI is InChI=1S/C40H31N5O8S/c46-21-23-9-11-25(12-10-23)35-34(24-5-2-1-3-6-24)33(22-54-40-42-43-44-45(40)29-14-16-30(47)17-15-29)51-39(52-35)27-7-4-8-28(19-27)41-36(48)26-13-18-31-32(20-26)38(50)53-37(31)49/h1-20,33-35,39,46-47H,21-22H2,(H,41,48). The van der Waals surface area contributed by atoms with Crippen LogP contribution in [0, 0.1) is 0 Å². The highest BCUT2D eigenvalue weighted by Crippen LogP contribution is 2.48. The second-order valence-electron chi connectivity index (χ2n) is 12.6. The van der Waals surface area contributed by atoms with Gasteiger partial charge in [0.15, 0.2) is 6.29 Å². The Labute approximate surface area is 312 Å². The predicted molar refractivity (Wildman–Crippen MR) is 195 cm³/mol. The Kier molecular flexibility index (Phi) is 9.71. The first-order valence-corrected chi connectivity index (χ1v) is 17.9. The summed E-state index contributed by atoms with van der Waals surface area (Å²) in [5.74, 6) is -1.76. The van der Waals surface area contributed by atoms with Crippen molar-refractivity contribution in [2.75, 3.05) is 11.1 Å². The molecule has 2 aliphatic rings. The summed E-state index contributed by atoms with van der Waals surface area (Å²) in [6.45, 7) is -0.0964. The van der Waals surface area contributed by atoms with Crippen molar-refractivity contribution in [3.63, 3.8) is 0 Å². The van der Waals surface area contributed by atoms with Crippen molar-refractivity contribution in [2.45, 2.75) is 36.2 Å². The maximum Gasteiger partial charge on any atom is 0.346 e. The highest BCUT2D eigenvalue weighted by Gasteiger charge is 2.42. The molecule has 5 aromatic carbocycles. The molecule has 270 valence electrons. The molecule has 0 spiro atoms. The first kappa shape index (κ1) is 34.9. The van der Waals surface area contributed by atoms with E-state index in [2.05, 4.69) is 25.6 Å². The number of esters is 2. The zero-order valence-electron chi connectivity index (χ0n) is 28.3. The van der Waals surface area contributed by atoms with E-state index in [0.717, 1.165) is 16.7 Å². The number of anilines is 1. The molecule has 54 heavy (non-hydrogen) atoms. The molecule has 0 aliphatic carbocycles. The van der Waals surface area contributed by atoms with Gasteiger partial charge in [0.1, 0.15) is 5.75 Å². The minimum absolute atomic E-state index is 0.0393. The van der Waals surface area contributed by atoms with Crippen molar-refractivity contribution in [1.29, 1.82) is 0 Å². The number of amides is 1. The number of rotatable bonds is 10. The fraction of sp³-hybridized carbons (Fsp3) is 0.150. The Morgan fingerprint density at radius 3 is 2.33 bits per heavy atom. The van der Waals surface area contributed by atoms with Crippen LogP contribution in [-0.4, -0.2) is 60.1 Å². The molecule has 3 heterocycles. The van der Waals surface area contributed by atoms with Gasteiger partial charge >= 0.3 is 11.9 Å². The van der Waals surface area contributed by atoms with Crippen LogP contribution in [0.1, 0.15) is 71.6 Å². The lowest BCUT2D eigenvalue weighted by molar-refractivity contribution is -0.255. The quantitative estimate of drug-likeness (QED) is 0.0831. The number of cyclic esters (lactones) is 2. The highest BCUT2D eigenvalue weighted by atomic mass is 32.2. The molecule has 0 bridgehead atoms. The number of carbonyl (C=O) groups is 3. The number of tetrazole rings is 1. The Hall–Kier alpha value is -6.19. The molecule has 2 aliphatic heterocycles. The van der Waals surface area contributed by atoms with Crippen LogP contribution in [-0.2, 0) is 20.8 Å². The number of aliphatic hydroxyl groups is 1. The molecule has 4 unspecified atom stereocenters. The summed E-state index contributed by atoms with van der Waals surface area (Å²) in [5, 5.41) is 35.3. The monoisotopic (exact) mass is 741 g/mol. The van der Waals surface area contributed by atoms with Crippen LogP contribution in [0.2, 0.25) is 0 Å². The number of hydrogen-bond donors (Lipinski definition) is 3. The van der Waals surface area contributed by atoms with Crippen molar-refractivity contribution in [2.24, 2.45) is 0 Å². The van der Waals surface area contributed by atoms with Crippen molar-refractivity contribution in [3.8, 4) is 11.4 Å². The number of fused-ring (bicyclic) bond motifs is 1. The summed E-state index contributed by atoms with van der Waals surface area (Å²) in [6, 6.07) is 35.5. The van der Waals surface area contributed by atoms with Crippen LogP contribution in [0.4, 0.5) is 5.69 Å². The van der Waals surface area contributed by atoms with E-state index in [-0.39, 0.29) is 35.0 Å². The summed E-state index contributed by atoms with van der Waals surface area (Å²) < 4.78 is 19.9. The molecule has 0 saturated carbocycles. The molecular weight excluding hydrogens is 711 g/mol. The molecule has 1 saturated heterocycles. The third-order valence-electron chi connectivity index (χ3n) is 9.21. The lowest BCUT2D eigenvalue weighted by Crippen LogP contribution is -2.38. The van der Waals surface area contributed by atoms with Crippen molar-refractivity contribution in [1.82, 2.24) is 20.2 Å². The Morgan fingerprint density at radius 2 is 1.56 bits per heavy atom. The summed E-state index contributed by atoms with van der Waals surface area (Å²) in [4.78, 5) is 37.3. The van der Waals surface area contributed by atoms with Gasteiger partial charge in [0.25, 0.3) is 5.91 Å². The average molecular weight is 742 g/mol. The molecule has 0 radical (unpaired) electrons. The molecule has 14 heteroatoms. The zero-order chi connectivity index (χ0) is 37.2. The van der Waals surface area contributed by atoms with E-state index in [1.807, 2.05) is 60.7 Å². The number of nitrogens with one attached hydrogen (secondary N) is 1. The van der Waals surface area contributed by atoms with Crippen LogP contribution in [0.3, 0.4) is 0 Å². The van der Waals surface area contributed by atoms with Gasteiger partial charge in [-0.2, -0.15) is 4.68 Å². The molecule has 8 rings (SSSR count). The van der Waals surface area contributed by atoms with Crippen molar-refractivity contribution >= 4 is 35.3 Å². The first-order valence-electron chi connectivity index (χ1n) is 16.9. The lowest BCUT2D eigenvalue weighted by atomic mass is 9.84. The molecule has 1 aromatic heterocycles. The minimum Gasteiger partial charge on any atom is -0.508 e. The molecule has 3 N–H and O–H groups in total. The zero-order valence-corrected chi connectivity index (χ0v) is 29.1. The molecule has 4 atom stereocenters. The Bertz CT molecular complexity index is 2340. The fourth-order valence-corrected chi connectivity index (χ4v) is 7.48. The number of phenolic OH excluding ortho intramolecular Hbond substituents is 1. The Balaban J connectivity index is 1.11. The van der Waals surface area contributed by atoms with E-state index in [1.54, 1.807) is 47.1 Å². The lowest BCUT2D eigenvalue weighted by Gasteiger charge is -2.43. The van der Waals surface area contributed by atoms with E-state index in [0.29, 0.717) is 27.8 Å². The van der Waals surface area contributed by atoms with Crippen LogP contribution < -0.4 is 5.32 Å². The van der Waals surface area contributed by atoms with Gasteiger partial charge in [0.05, 0.1) is 35.6 Å².